The highest BCUT2D eigenvalue weighted by molar-refractivity contribution is 6.30. The molecule has 0 amide bonds. The van der Waals surface area contributed by atoms with Crippen molar-refractivity contribution in [1.29, 1.82) is 0 Å². The van der Waals surface area contributed by atoms with Crippen LogP contribution < -0.4 is 4.74 Å². The van der Waals surface area contributed by atoms with Crippen molar-refractivity contribution in [3.63, 3.8) is 0 Å². The van der Waals surface area contributed by atoms with Crippen molar-refractivity contribution in [2.45, 2.75) is 19.3 Å². The molecule has 0 aliphatic carbocycles. The second-order valence-electron chi connectivity index (χ2n) is 3.41. The first-order valence-corrected chi connectivity index (χ1v) is 5.27. The van der Waals surface area contributed by atoms with Gasteiger partial charge in [0, 0.05) is 12.0 Å². The van der Waals surface area contributed by atoms with Gasteiger partial charge >= 0.3 is 5.97 Å². The van der Waals surface area contributed by atoms with E-state index in [4.69, 9.17) is 21.4 Å². The van der Waals surface area contributed by atoms with Crippen molar-refractivity contribution in [2.24, 2.45) is 0 Å². The average molecular weight is 265 g/mol. The second-order valence-corrected chi connectivity index (χ2v) is 3.82. The van der Waals surface area contributed by atoms with E-state index >= 15 is 0 Å². The maximum atomic E-state index is 13.6. The Morgan fingerprint density at radius 1 is 1.53 bits per heavy atom. The van der Waals surface area contributed by atoms with Gasteiger partial charge in [0.25, 0.3) is 0 Å². The molecule has 17 heavy (non-hydrogen) atoms. The van der Waals surface area contributed by atoms with E-state index in [1.165, 1.54) is 7.11 Å². The molecule has 0 aromatic heterocycles. The van der Waals surface area contributed by atoms with Crippen LogP contribution in [0.2, 0.25) is 5.02 Å². The van der Waals surface area contributed by atoms with Gasteiger partial charge in [0.15, 0.2) is 11.6 Å². The standard InChI is InChI=1S/C11H11ClF2O3/c1-17-11-6(3-2-4-9(15)16)10(14)7(12)5-8(11)13/h5H,2-4H2,1H3,(H,15,16). The molecule has 0 radical (unpaired) electrons. The summed E-state index contributed by atoms with van der Waals surface area (Å²) in [5.74, 6) is -2.75. The zero-order valence-corrected chi connectivity index (χ0v) is 9.85. The molecule has 0 saturated heterocycles. The molecule has 1 aromatic carbocycles. The van der Waals surface area contributed by atoms with E-state index < -0.39 is 17.6 Å². The first-order valence-electron chi connectivity index (χ1n) is 4.89. The number of benzene rings is 1. The SMILES string of the molecule is COc1c(F)cc(Cl)c(F)c1CCCC(=O)O. The van der Waals surface area contributed by atoms with Gasteiger partial charge in [-0.05, 0) is 18.9 Å². The van der Waals surface area contributed by atoms with Gasteiger partial charge in [-0.3, -0.25) is 4.79 Å². The first-order chi connectivity index (χ1) is 7.97. The van der Waals surface area contributed by atoms with Crippen molar-refractivity contribution < 1.29 is 23.4 Å². The number of hydrogen-bond donors (Lipinski definition) is 1. The second kappa shape index (κ2) is 5.82. The molecule has 0 heterocycles. The maximum Gasteiger partial charge on any atom is 0.303 e. The fourth-order valence-electron chi connectivity index (χ4n) is 1.49. The summed E-state index contributed by atoms with van der Waals surface area (Å²) >= 11 is 5.50. The minimum absolute atomic E-state index is 0.0289. The van der Waals surface area contributed by atoms with Gasteiger partial charge in [-0.2, -0.15) is 0 Å². The minimum atomic E-state index is -0.994. The van der Waals surface area contributed by atoms with Crippen LogP contribution in [-0.2, 0) is 11.2 Å². The fourth-order valence-corrected chi connectivity index (χ4v) is 1.70. The van der Waals surface area contributed by atoms with Crippen molar-refractivity contribution in [2.75, 3.05) is 7.11 Å². The predicted octanol–water partition coefficient (Wildman–Crippen LogP) is 3.03. The molecule has 0 aliphatic rings. The third-order valence-corrected chi connectivity index (χ3v) is 2.52. The van der Waals surface area contributed by atoms with Crippen molar-refractivity contribution in [3.05, 3.63) is 28.3 Å². The van der Waals surface area contributed by atoms with Crippen molar-refractivity contribution >= 4 is 17.6 Å². The fraction of sp³-hybridized carbons (Fsp3) is 0.364. The third kappa shape index (κ3) is 3.30. The lowest BCUT2D eigenvalue weighted by molar-refractivity contribution is -0.137. The maximum absolute atomic E-state index is 13.6. The monoisotopic (exact) mass is 264 g/mol. The summed E-state index contributed by atoms with van der Waals surface area (Å²) < 4.78 is 31.8. The number of rotatable bonds is 5. The molecule has 1 N–H and O–H groups in total. The molecule has 6 heteroatoms. The number of aliphatic carboxylic acids is 1. The zero-order valence-electron chi connectivity index (χ0n) is 9.10. The van der Waals surface area contributed by atoms with Gasteiger partial charge in [0.1, 0.15) is 5.82 Å². The summed E-state index contributed by atoms with van der Waals surface area (Å²) in [7, 11) is 1.21. The van der Waals surface area contributed by atoms with Crippen LogP contribution in [0.4, 0.5) is 8.78 Å². The molecule has 3 nitrogen and oxygen atoms in total. The molecule has 1 rings (SSSR count). The summed E-state index contributed by atoms with van der Waals surface area (Å²) in [6.07, 6.45) is 0.109. The summed E-state index contributed by atoms with van der Waals surface area (Å²) in [5, 5.41) is 8.13. The average Bonchev–Trinajstić information content (AvgIpc) is 2.24. The summed E-state index contributed by atoms with van der Waals surface area (Å²) in [6.45, 7) is 0. The number of halogens is 3. The Bertz CT molecular complexity index is 435. The van der Waals surface area contributed by atoms with E-state index in [1.54, 1.807) is 0 Å². The third-order valence-electron chi connectivity index (χ3n) is 2.24. The summed E-state index contributed by atoms with van der Waals surface area (Å²) in [5.41, 5.74) is -0.0289. The number of carbonyl (C=O) groups is 1. The van der Waals surface area contributed by atoms with E-state index in [0.29, 0.717) is 0 Å². The molecule has 1 aromatic rings. The highest BCUT2D eigenvalue weighted by Crippen LogP contribution is 2.31. The minimum Gasteiger partial charge on any atom is -0.493 e. The Kier molecular flexibility index (Phi) is 4.69. The highest BCUT2D eigenvalue weighted by atomic mass is 35.5. The Morgan fingerprint density at radius 2 is 2.18 bits per heavy atom. The van der Waals surface area contributed by atoms with E-state index in [-0.39, 0.29) is 35.6 Å². The van der Waals surface area contributed by atoms with Crippen LogP contribution in [-0.4, -0.2) is 18.2 Å². The number of carboxylic acid groups (broad SMARTS) is 1. The van der Waals surface area contributed by atoms with E-state index in [1.807, 2.05) is 0 Å². The summed E-state index contributed by atoms with van der Waals surface area (Å²) in [4.78, 5) is 10.3. The van der Waals surface area contributed by atoms with Gasteiger partial charge < -0.3 is 9.84 Å². The number of methoxy groups -OCH3 is 1. The van der Waals surface area contributed by atoms with Gasteiger partial charge in [-0.1, -0.05) is 11.6 Å². The normalized spacial score (nSPS) is 10.4. The Hall–Kier alpha value is -1.36. The van der Waals surface area contributed by atoms with Gasteiger partial charge in [0.2, 0.25) is 0 Å². The van der Waals surface area contributed by atoms with Crippen LogP contribution in [0.5, 0.6) is 5.75 Å². The molecule has 0 fully saturated rings. The van der Waals surface area contributed by atoms with E-state index in [0.717, 1.165) is 6.07 Å². The number of hydrogen-bond acceptors (Lipinski definition) is 2. The van der Waals surface area contributed by atoms with Crippen LogP contribution in [0.3, 0.4) is 0 Å². The van der Waals surface area contributed by atoms with Gasteiger partial charge in [-0.15, -0.1) is 0 Å². The number of carboxylic acids is 1. The molecule has 0 unspecified atom stereocenters. The lowest BCUT2D eigenvalue weighted by Gasteiger charge is -2.11. The molecule has 94 valence electrons. The van der Waals surface area contributed by atoms with Crippen LogP contribution in [0.25, 0.3) is 0 Å². The topological polar surface area (TPSA) is 46.5 Å². The lowest BCUT2D eigenvalue weighted by Crippen LogP contribution is -2.02. The van der Waals surface area contributed by atoms with Crippen LogP contribution in [0, 0.1) is 11.6 Å². The van der Waals surface area contributed by atoms with E-state index in [9.17, 15) is 13.6 Å². The highest BCUT2D eigenvalue weighted by Gasteiger charge is 2.18. The Morgan fingerprint density at radius 3 is 2.71 bits per heavy atom. The van der Waals surface area contributed by atoms with Crippen LogP contribution in [0.1, 0.15) is 18.4 Å². The smallest absolute Gasteiger partial charge is 0.303 e. The van der Waals surface area contributed by atoms with Gasteiger partial charge in [-0.25, -0.2) is 8.78 Å². The first kappa shape index (κ1) is 13.7. The molecular weight excluding hydrogens is 254 g/mol. The molecule has 0 saturated carbocycles. The quantitative estimate of drug-likeness (QED) is 0.832. The van der Waals surface area contributed by atoms with Gasteiger partial charge in [0.05, 0.1) is 12.1 Å². The molecular formula is C11H11ClF2O3. The lowest BCUT2D eigenvalue weighted by atomic mass is 10.1. The number of ether oxygens (including phenoxy) is 1. The summed E-state index contributed by atoms with van der Waals surface area (Å²) in [6, 6.07) is 0.830. The zero-order chi connectivity index (χ0) is 13.0. The van der Waals surface area contributed by atoms with E-state index in [2.05, 4.69) is 0 Å². The largest absolute Gasteiger partial charge is 0.493 e. The van der Waals surface area contributed by atoms with Crippen molar-refractivity contribution in [3.8, 4) is 5.75 Å². The van der Waals surface area contributed by atoms with Crippen molar-refractivity contribution in [1.82, 2.24) is 0 Å². The van der Waals surface area contributed by atoms with Crippen LogP contribution >= 0.6 is 11.6 Å². The Balaban J connectivity index is 2.99. The molecule has 0 spiro atoms. The molecule has 0 atom stereocenters. The molecule has 0 aliphatic heterocycles. The predicted molar refractivity (Wildman–Crippen MR) is 58.5 cm³/mol. The molecule has 0 bridgehead atoms. The van der Waals surface area contributed by atoms with Crippen LogP contribution in [0.15, 0.2) is 6.07 Å². The Labute approximate surface area is 102 Å².